The van der Waals surface area contributed by atoms with Crippen molar-refractivity contribution < 1.29 is 9.90 Å². The predicted molar refractivity (Wildman–Crippen MR) is 93.6 cm³/mol. The molecule has 3 heteroatoms. The molecule has 22 heavy (non-hydrogen) atoms. The van der Waals surface area contributed by atoms with E-state index in [2.05, 4.69) is 27.7 Å². The van der Waals surface area contributed by atoms with E-state index in [4.69, 9.17) is 0 Å². The Balaban J connectivity index is 0.000000541. The van der Waals surface area contributed by atoms with Crippen LogP contribution in [0, 0.1) is 5.92 Å². The normalized spacial score (nSPS) is 11.9. The number of para-hydroxylation sites is 1. The minimum absolute atomic E-state index is 0.0356. The number of unbranched alkanes of at least 4 members (excludes halogenated alkanes) is 1. The summed E-state index contributed by atoms with van der Waals surface area (Å²) < 4.78 is 2.00. The molecule has 0 amide bonds. The summed E-state index contributed by atoms with van der Waals surface area (Å²) in [7, 11) is 0. The topological polar surface area (TPSA) is 42.2 Å². The van der Waals surface area contributed by atoms with Gasteiger partial charge in [-0.3, -0.25) is 4.79 Å². The average molecular weight is 303 g/mol. The monoisotopic (exact) mass is 303 g/mol. The number of hydrogen-bond acceptors (Lipinski definition) is 2. The van der Waals surface area contributed by atoms with Crippen molar-refractivity contribution in [3.05, 3.63) is 30.0 Å². The molecular weight excluding hydrogens is 274 g/mol. The summed E-state index contributed by atoms with van der Waals surface area (Å²) >= 11 is 0. The molecule has 3 nitrogen and oxygen atoms in total. The Kier molecular flexibility index (Phi) is 7.16. The summed E-state index contributed by atoms with van der Waals surface area (Å²) in [4.78, 5) is 11.6. The van der Waals surface area contributed by atoms with Gasteiger partial charge >= 0.3 is 0 Å². The van der Waals surface area contributed by atoms with Crippen LogP contribution in [0.15, 0.2) is 24.4 Å². The third-order valence-corrected chi connectivity index (χ3v) is 3.96. The van der Waals surface area contributed by atoms with Gasteiger partial charge in [-0.25, -0.2) is 0 Å². The van der Waals surface area contributed by atoms with Crippen molar-refractivity contribution >= 4 is 16.7 Å². The molecule has 2 rings (SSSR count). The van der Waals surface area contributed by atoms with Crippen molar-refractivity contribution in [1.29, 1.82) is 0 Å². The molecule has 0 spiro atoms. The van der Waals surface area contributed by atoms with Crippen LogP contribution < -0.4 is 0 Å². The van der Waals surface area contributed by atoms with Crippen molar-refractivity contribution in [2.24, 2.45) is 5.92 Å². The number of aromatic hydroxyl groups is 1. The maximum atomic E-state index is 11.6. The molecule has 0 fully saturated rings. The first kappa shape index (κ1) is 18.3. The fourth-order valence-electron chi connectivity index (χ4n) is 2.23. The highest BCUT2D eigenvalue weighted by atomic mass is 16.3. The zero-order valence-electron chi connectivity index (χ0n) is 14.5. The molecule has 1 atom stereocenters. The molecule has 0 radical (unpaired) electrons. The van der Waals surface area contributed by atoms with Crippen LogP contribution in [0.4, 0.5) is 0 Å². The smallest absolute Gasteiger partial charge is 0.161 e. The lowest BCUT2D eigenvalue weighted by atomic mass is 10.1. The van der Waals surface area contributed by atoms with Crippen LogP contribution in [0.1, 0.15) is 64.2 Å². The Labute approximate surface area is 134 Å². The lowest BCUT2D eigenvalue weighted by Crippen LogP contribution is -2.05. The molecule has 0 saturated carbocycles. The summed E-state index contributed by atoms with van der Waals surface area (Å²) in [6.45, 7) is 11.0. The zero-order valence-corrected chi connectivity index (χ0v) is 14.5. The fraction of sp³-hybridized carbons (Fsp3) is 0.526. The van der Waals surface area contributed by atoms with Crippen LogP contribution in [0.25, 0.3) is 10.9 Å². The molecule has 0 bridgehead atoms. The molecule has 0 aliphatic rings. The SMILES string of the molecule is CCC(C)Cn1cc(C(C)=O)c2cccc(O)c21.CCCC. The van der Waals surface area contributed by atoms with E-state index in [0.29, 0.717) is 11.5 Å². The van der Waals surface area contributed by atoms with Gasteiger partial charge in [0.2, 0.25) is 0 Å². The number of hydrogen-bond donors (Lipinski definition) is 1. The molecule has 1 aromatic heterocycles. The molecule has 0 aliphatic heterocycles. The van der Waals surface area contributed by atoms with Gasteiger partial charge in [-0.2, -0.15) is 0 Å². The van der Waals surface area contributed by atoms with E-state index in [0.717, 1.165) is 23.9 Å². The van der Waals surface area contributed by atoms with E-state index >= 15 is 0 Å². The molecule has 1 aromatic carbocycles. The number of benzene rings is 1. The number of carbonyl (C=O) groups excluding carboxylic acids is 1. The Morgan fingerprint density at radius 3 is 2.36 bits per heavy atom. The summed E-state index contributed by atoms with van der Waals surface area (Å²) in [6.07, 6.45) is 5.57. The Morgan fingerprint density at radius 2 is 1.86 bits per heavy atom. The molecule has 2 aromatic rings. The molecule has 0 aliphatic carbocycles. The number of ketones is 1. The highest BCUT2D eigenvalue weighted by Gasteiger charge is 2.15. The lowest BCUT2D eigenvalue weighted by Gasteiger charge is -2.11. The van der Waals surface area contributed by atoms with E-state index in [-0.39, 0.29) is 11.5 Å². The molecule has 0 saturated heterocycles. The number of fused-ring (bicyclic) bond motifs is 1. The molecule has 122 valence electrons. The number of nitrogens with zero attached hydrogens (tertiary/aromatic N) is 1. The van der Waals surface area contributed by atoms with Crippen molar-refractivity contribution in [1.82, 2.24) is 4.57 Å². The van der Waals surface area contributed by atoms with Crippen LogP contribution in [0.2, 0.25) is 0 Å². The van der Waals surface area contributed by atoms with E-state index in [1.807, 2.05) is 16.8 Å². The van der Waals surface area contributed by atoms with Gasteiger partial charge in [-0.05, 0) is 18.9 Å². The maximum absolute atomic E-state index is 11.6. The summed E-state index contributed by atoms with van der Waals surface area (Å²) in [5.41, 5.74) is 1.45. The third-order valence-electron chi connectivity index (χ3n) is 3.96. The van der Waals surface area contributed by atoms with E-state index in [1.165, 1.54) is 12.8 Å². The quantitative estimate of drug-likeness (QED) is 0.751. The van der Waals surface area contributed by atoms with Crippen LogP contribution in [-0.2, 0) is 6.54 Å². The first-order valence-electron chi connectivity index (χ1n) is 8.27. The second kappa shape index (κ2) is 8.62. The zero-order chi connectivity index (χ0) is 16.7. The standard InChI is InChI=1S/C15H19NO2.C4H10/c1-4-10(2)8-16-9-13(11(3)17)12-6-5-7-14(18)15(12)16;1-3-4-2/h5-7,9-10,18H,4,8H2,1-3H3;3-4H2,1-2H3. The second-order valence-corrected chi connectivity index (χ2v) is 5.94. The number of carbonyl (C=O) groups is 1. The van der Waals surface area contributed by atoms with Gasteiger partial charge in [0.25, 0.3) is 0 Å². The number of phenols is 1. The van der Waals surface area contributed by atoms with E-state index < -0.39 is 0 Å². The van der Waals surface area contributed by atoms with Crippen molar-refractivity contribution in [3.63, 3.8) is 0 Å². The first-order valence-corrected chi connectivity index (χ1v) is 8.27. The number of aromatic nitrogens is 1. The van der Waals surface area contributed by atoms with Crippen molar-refractivity contribution in [3.8, 4) is 5.75 Å². The van der Waals surface area contributed by atoms with Crippen LogP contribution >= 0.6 is 0 Å². The van der Waals surface area contributed by atoms with Gasteiger partial charge in [0.1, 0.15) is 5.75 Å². The Hall–Kier alpha value is -1.77. The average Bonchev–Trinajstić information content (AvgIpc) is 2.87. The van der Waals surface area contributed by atoms with E-state index in [1.54, 1.807) is 19.1 Å². The lowest BCUT2D eigenvalue weighted by molar-refractivity contribution is 0.101. The second-order valence-electron chi connectivity index (χ2n) is 5.94. The minimum atomic E-state index is 0.0356. The van der Waals surface area contributed by atoms with Gasteiger partial charge < -0.3 is 9.67 Å². The van der Waals surface area contributed by atoms with Crippen LogP contribution in [0.3, 0.4) is 0 Å². The summed E-state index contributed by atoms with van der Waals surface area (Å²) in [5, 5.41) is 10.8. The van der Waals surface area contributed by atoms with Gasteiger partial charge in [0.05, 0.1) is 5.52 Å². The largest absolute Gasteiger partial charge is 0.506 e. The minimum Gasteiger partial charge on any atom is -0.506 e. The highest BCUT2D eigenvalue weighted by molar-refractivity contribution is 6.08. The molecule has 1 N–H and O–H groups in total. The van der Waals surface area contributed by atoms with Gasteiger partial charge in [0, 0.05) is 23.7 Å². The van der Waals surface area contributed by atoms with Gasteiger partial charge in [0.15, 0.2) is 5.78 Å². The summed E-state index contributed by atoms with van der Waals surface area (Å²) in [5.74, 6) is 0.789. The van der Waals surface area contributed by atoms with E-state index in [9.17, 15) is 9.90 Å². The fourth-order valence-corrected chi connectivity index (χ4v) is 2.23. The highest BCUT2D eigenvalue weighted by Crippen LogP contribution is 2.30. The number of rotatable bonds is 5. The number of Topliss-reactive ketones (excluding diaryl/α,β-unsaturated/α-hetero) is 1. The maximum Gasteiger partial charge on any atom is 0.161 e. The predicted octanol–water partition coefficient (Wildman–Crippen LogP) is 5.40. The Morgan fingerprint density at radius 1 is 1.23 bits per heavy atom. The molecule has 1 heterocycles. The van der Waals surface area contributed by atoms with Crippen LogP contribution in [0.5, 0.6) is 5.75 Å². The Bertz CT molecular complexity index is 611. The molecule has 1 unspecified atom stereocenters. The summed E-state index contributed by atoms with van der Waals surface area (Å²) in [6, 6.07) is 5.33. The first-order chi connectivity index (χ1) is 10.5. The van der Waals surface area contributed by atoms with Gasteiger partial charge in [-0.15, -0.1) is 0 Å². The van der Waals surface area contributed by atoms with Crippen LogP contribution in [-0.4, -0.2) is 15.5 Å². The third kappa shape index (κ3) is 4.36. The van der Waals surface area contributed by atoms with Crippen molar-refractivity contribution in [2.45, 2.75) is 60.4 Å². The van der Waals surface area contributed by atoms with Crippen molar-refractivity contribution in [2.75, 3.05) is 0 Å². The number of phenolic OH excluding ortho intramolecular Hbond substituents is 1. The van der Waals surface area contributed by atoms with Gasteiger partial charge in [-0.1, -0.05) is 59.1 Å². The molecular formula is C19H29NO2.